The molecule has 1 aromatic heterocycles. The van der Waals surface area contributed by atoms with Crippen molar-refractivity contribution in [3.8, 4) is 0 Å². The molecule has 1 saturated heterocycles. The molecule has 0 aliphatic carbocycles. The van der Waals surface area contributed by atoms with Crippen molar-refractivity contribution in [1.82, 2.24) is 5.32 Å². The molecule has 0 spiro atoms. The van der Waals surface area contributed by atoms with Gasteiger partial charge in [0.15, 0.2) is 6.29 Å². The van der Waals surface area contributed by atoms with Gasteiger partial charge in [-0.1, -0.05) is 0 Å². The topological polar surface area (TPSA) is 49.4 Å². The molecule has 4 nitrogen and oxygen atoms in total. The Kier molecular flexibility index (Phi) is 3.78. The molecule has 0 unspecified atom stereocenters. The molecule has 1 fully saturated rings. The third-order valence-corrected chi connectivity index (χ3v) is 4.22. The van der Waals surface area contributed by atoms with Crippen LogP contribution in [0.15, 0.2) is 12.1 Å². The molecule has 1 aromatic rings. The van der Waals surface area contributed by atoms with Gasteiger partial charge < -0.3 is 10.2 Å². The molecule has 0 saturated carbocycles. The first-order chi connectivity index (χ1) is 8.24. The van der Waals surface area contributed by atoms with Gasteiger partial charge in [0.2, 0.25) is 5.91 Å². The number of nitrogens with one attached hydrogen (secondary N) is 1. The summed E-state index contributed by atoms with van der Waals surface area (Å²) in [6.45, 7) is 1.77. The van der Waals surface area contributed by atoms with Gasteiger partial charge in [0.1, 0.15) is 0 Å². The molecule has 1 amide bonds. The van der Waals surface area contributed by atoms with Crippen molar-refractivity contribution >= 4 is 28.5 Å². The molecule has 0 aromatic carbocycles. The number of anilines is 1. The van der Waals surface area contributed by atoms with Crippen molar-refractivity contribution < 1.29 is 9.59 Å². The van der Waals surface area contributed by atoms with Crippen LogP contribution in [-0.2, 0) is 4.79 Å². The molecular formula is C12H16N2O2S. The summed E-state index contributed by atoms with van der Waals surface area (Å²) >= 11 is 1.51. The van der Waals surface area contributed by atoms with Crippen LogP contribution in [0.4, 0.5) is 5.00 Å². The van der Waals surface area contributed by atoms with Gasteiger partial charge in [0, 0.05) is 26.1 Å². The predicted octanol–water partition coefficient (Wildman–Crippen LogP) is 1.52. The molecular weight excluding hydrogens is 236 g/mol. The third-order valence-electron chi connectivity index (χ3n) is 3.15. The smallest absolute Gasteiger partial charge is 0.222 e. The fourth-order valence-electron chi connectivity index (χ4n) is 2.14. The van der Waals surface area contributed by atoms with Crippen molar-refractivity contribution in [1.29, 1.82) is 0 Å². The first-order valence-electron chi connectivity index (χ1n) is 5.76. The van der Waals surface area contributed by atoms with Crippen molar-refractivity contribution in [3.63, 3.8) is 0 Å². The molecule has 17 heavy (non-hydrogen) atoms. The Balaban J connectivity index is 1.94. The summed E-state index contributed by atoms with van der Waals surface area (Å²) in [5.41, 5.74) is 0. The minimum atomic E-state index is 0.141. The lowest BCUT2D eigenvalue weighted by atomic mass is 9.96. The van der Waals surface area contributed by atoms with Gasteiger partial charge in [-0.15, -0.1) is 11.3 Å². The van der Waals surface area contributed by atoms with E-state index in [0.29, 0.717) is 0 Å². The first-order valence-corrected chi connectivity index (χ1v) is 6.58. The summed E-state index contributed by atoms with van der Waals surface area (Å²) in [5, 5.41) is 3.83. The summed E-state index contributed by atoms with van der Waals surface area (Å²) in [4.78, 5) is 25.1. The molecule has 92 valence electrons. The summed E-state index contributed by atoms with van der Waals surface area (Å²) in [6.07, 6.45) is 2.65. The molecule has 2 rings (SSSR count). The average Bonchev–Trinajstić information content (AvgIpc) is 2.87. The van der Waals surface area contributed by atoms with Crippen LogP contribution in [0.2, 0.25) is 0 Å². The van der Waals surface area contributed by atoms with Gasteiger partial charge >= 0.3 is 0 Å². The maximum atomic E-state index is 11.5. The zero-order chi connectivity index (χ0) is 12.3. The Labute approximate surface area is 105 Å². The summed E-state index contributed by atoms with van der Waals surface area (Å²) in [6, 6.07) is 3.83. The lowest BCUT2D eigenvalue weighted by molar-refractivity contribution is -0.125. The largest absolute Gasteiger partial charge is 0.363 e. The molecule has 5 heteroatoms. The number of carbonyl (C=O) groups is 2. The maximum Gasteiger partial charge on any atom is 0.222 e. The molecule has 1 aliphatic heterocycles. The van der Waals surface area contributed by atoms with E-state index in [0.717, 1.165) is 42.1 Å². The predicted molar refractivity (Wildman–Crippen MR) is 68.7 cm³/mol. The van der Waals surface area contributed by atoms with E-state index < -0.39 is 0 Å². The molecule has 0 bridgehead atoms. The zero-order valence-corrected chi connectivity index (χ0v) is 10.6. The van der Waals surface area contributed by atoms with E-state index in [4.69, 9.17) is 0 Å². The summed E-state index contributed by atoms with van der Waals surface area (Å²) in [5.74, 6) is 0.283. The molecule has 1 N–H and O–H groups in total. The Bertz CT molecular complexity index is 408. The second kappa shape index (κ2) is 5.31. The second-order valence-corrected chi connectivity index (χ2v) is 5.26. The van der Waals surface area contributed by atoms with E-state index in [9.17, 15) is 9.59 Å². The van der Waals surface area contributed by atoms with Crippen molar-refractivity contribution in [2.24, 2.45) is 5.92 Å². The van der Waals surface area contributed by atoms with Crippen molar-refractivity contribution in [2.75, 3.05) is 25.0 Å². The van der Waals surface area contributed by atoms with E-state index >= 15 is 0 Å². The maximum absolute atomic E-state index is 11.5. The van der Waals surface area contributed by atoms with Crippen LogP contribution in [0, 0.1) is 5.92 Å². The number of aldehydes is 1. The Morgan fingerprint density at radius 3 is 2.71 bits per heavy atom. The van der Waals surface area contributed by atoms with Crippen LogP contribution >= 0.6 is 11.3 Å². The van der Waals surface area contributed by atoms with Crippen LogP contribution in [0.25, 0.3) is 0 Å². The average molecular weight is 252 g/mol. The lowest BCUT2D eigenvalue weighted by Gasteiger charge is -2.31. The van der Waals surface area contributed by atoms with Crippen LogP contribution in [0.5, 0.6) is 0 Å². The van der Waals surface area contributed by atoms with E-state index in [1.165, 1.54) is 11.3 Å². The minimum absolute atomic E-state index is 0.141. The lowest BCUT2D eigenvalue weighted by Crippen LogP contribution is -2.39. The number of hydrogen-bond donors (Lipinski definition) is 1. The quantitative estimate of drug-likeness (QED) is 0.830. The number of carbonyl (C=O) groups excluding carboxylic acids is 2. The number of piperidine rings is 1. The normalized spacial score (nSPS) is 16.9. The van der Waals surface area contributed by atoms with Gasteiger partial charge in [-0.25, -0.2) is 0 Å². The standard InChI is InChI=1S/C12H16N2O2S/c1-13-12(16)9-4-6-14(7-5-9)11-3-2-10(8-15)17-11/h2-3,8-9H,4-7H2,1H3,(H,13,16). The summed E-state index contributed by atoms with van der Waals surface area (Å²) < 4.78 is 0. The molecule has 1 aliphatic rings. The number of thiophene rings is 1. The molecule has 0 atom stereocenters. The highest BCUT2D eigenvalue weighted by atomic mass is 32.1. The monoisotopic (exact) mass is 252 g/mol. The van der Waals surface area contributed by atoms with Crippen molar-refractivity contribution in [2.45, 2.75) is 12.8 Å². The summed E-state index contributed by atoms with van der Waals surface area (Å²) in [7, 11) is 1.68. The van der Waals surface area contributed by atoms with Gasteiger partial charge in [0.25, 0.3) is 0 Å². The molecule has 0 radical (unpaired) electrons. The Hall–Kier alpha value is -1.36. The van der Waals surface area contributed by atoms with Crippen molar-refractivity contribution in [3.05, 3.63) is 17.0 Å². The highest BCUT2D eigenvalue weighted by Crippen LogP contribution is 2.29. The zero-order valence-electron chi connectivity index (χ0n) is 9.81. The fourth-order valence-corrected chi connectivity index (χ4v) is 3.02. The van der Waals surface area contributed by atoms with E-state index in [1.54, 1.807) is 7.05 Å². The van der Waals surface area contributed by atoms with Gasteiger partial charge in [-0.05, 0) is 25.0 Å². The number of amides is 1. The Morgan fingerprint density at radius 2 is 2.18 bits per heavy atom. The van der Waals surface area contributed by atoms with Crippen LogP contribution < -0.4 is 10.2 Å². The SMILES string of the molecule is CNC(=O)C1CCN(c2ccc(C=O)s2)CC1. The van der Waals surface area contributed by atoms with E-state index in [-0.39, 0.29) is 11.8 Å². The fraction of sp³-hybridized carbons (Fsp3) is 0.500. The van der Waals surface area contributed by atoms with E-state index in [2.05, 4.69) is 10.2 Å². The van der Waals surface area contributed by atoms with Gasteiger partial charge in [-0.2, -0.15) is 0 Å². The minimum Gasteiger partial charge on any atom is -0.363 e. The van der Waals surface area contributed by atoms with Gasteiger partial charge in [0.05, 0.1) is 9.88 Å². The molecule has 2 heterocycles. The highest BCUT2D eigenvalue weighted by molar-refractivity contribution is 7.17. The number of nitrogens with zero attached hydrogens (tertiary/aromatic N) is 1. The second-order valence-electron chi connectivity index (χ2n) is 4.17. The third kappa shape index (κ3) is 2.66. The van der Waals surface area contributed by atoms with Crippen LogP contribution in [0.3, 0.4) is 0 Å². The Morgan fingerprint density at radius 1 is 1.47 bits per heavy atom. The van der Waals surface area contributed by atoms with Crippen LogP contribution in [0.1, 0.15) is 22.5 Å². The van der Waals surface area contributed by atoms with Gasteiger partial charge in [-0.3, -0.25) is 9.59 Å². The number of hydrogen-bond acceptors (Lipinski definition) is 4. The first kappa shape index (κ1) is 12.1. The number of rotatable bonds is 3. The highest BCUT2D eigenvalue weighted by Gasteiger charge is 2.24. The van der Waals surface area contributed by atoms with Crippen LogP contribution in [-0.4, -0.2) is 32.3 Å². The van der Waals surface area contributed by atoms with E-state index in [1.807, 2.05) is 12.1 Å².